The Morgan fingerprint density at radius 1 is 1.03 bits per heavy atom. The summed E-state index contributed by atoms with van der Waals surface area (Å²) < 4.78 is 5.45. The van der Waals surface area contributed by atoms with Crippen LogP contribution >= 0.6 is 0 Å². The fourth-order valence-electron chi connectivity index (χ4n) is 5.75. The molecule has 1 aliphatic carbocycles. The molecule has 0 heterocycles. The minimum atomic E-state index is -3.25. The van der Waals surface area contributed by atoms with E-state index in [1.54, 1.807) is 44.2 Å². The quantitative estimate of drug-likeness (QED) is 0.0747. The van der Waals surface area contributed by atoms with Crippen molar-refractivity contribution < 1.29 is 29.6 Å². The molecule has 206 valence electrons. The van der Waals surface area contributed by atoms with Crippen LogP contribution in [0.15, 0.2) is 66.4 Å². The summed E-state index contributed by atoms with van der Waals surface area (Å²) >= 11 is 0. The number of hydrogen-bond acceptors (Lipinski definition) is 8. The highest BCUT2D eigenvalue weighted by molar-refractivity contribution is 5.70. The second kappa shape index (κ2) is 11.7. The van der Waals surface area contributed by atoms with E-state index in [0.717, 1.165) is 18.4 Å². The normalized spacial score (nSPS) is 20.3. The van der Waals surface area contributed by atoms with Crippen molar-refractivity contribution in [2.45, 2.75) is 75.7 Å². The molecule has 1 amide bonds. The van der Waals surface area contributed by atoms with E-state index in [1.165, 1.54) is 5.94 Å². The lowest BCUT2D eigenvalue weighted by atomic mass is 9.59. The molecule has 2 aromatic carbocycles. The topological polar surface area (TPSA) is 159 Å². The molecule has 38 heavy (non-hydrogen) atoms. The number of aliphatic hydroxyl groups is 3. The summed E-state index contributed by atoms with van der Waals surface area (Å²) in [5, 5.41) is 35.8. The first-order valence-electron chi connectivity index (χ1n) is 12.9. The third kappa shape index (κ3) is 5.34. The zero-order valence-electron chi connectivity index (χ0n) is 22.1. The zero-order valence-corrected chi connectivity index (χ0v) is 22.1. The van der Waals surface area contributed by atoms with Crippen LogP contribution in [-0.2, 0) is 22.4 Å². The maximum atomic E-state index is 13.4. The first kappa shape index (κ1) is 29.4. The van der Waals surface area contributed by atoms with Crippen LogP contribution in [0.25, 0.3) is 0 Å². The summed E-state index contributed by atoms with van der Waals surface area (Å²) in [5.74, 6) is 4.48. The van der Waals surface area contributed by atoms with Crippen molar-refractivity contribution in [3.63, 3.8) is 0 Å². The fraction of sp³-hybridized carbons (Fsp3) is 0.483. The van der Waals surface area contributed by atoms with Crippen LogP contribution < -0.4 is 11.6 Å². The van der Waals surface area contributed by atoms with Crippen molar-refractivity contribution in [1.29, 1.82) is 0 Å². The molecule has 9 heteroatoms. The predicted octanol–water partition coefficient (Wildman–Crippen LogP) is 2.60. The molecule has 2 unspecified atom stereocenters. The molecule has 3 rings (SSSR count). The average Bonchev–Trinajstić information content (AvgIpc) is 3.19. The van der Waals surface area contributed by atoms with E-state index in [0.29, 0.717) is 29.8 Å². The van der Waals surface area contributed by atoms with Crippen molar-refractivity contribution in [3.8, 4) is 0 Å². The molecule has 0 saturated heterocycles. The number of rotatable bonds is 11. The number of nitrogens with zero attached hydrogens (tertiary/aromatic N) is 1. The van der Waals surface area contributed by atoms with E-state index in [2.05, 4.69) is 0 Å². The lowest BCUT2D eigenvalue weighted by Crippen LogP contribution is -2.82. The van der Waals surface area contributed by atoms with Crippen LogP contribution in [-0.4, -0.2) is 55.9 Å². The number of nitrogens with two attached hydrogens (primary N) is 2. The SMILES string of the molecule is CC1(C)CCCC1(O)C(Cc1ccccc1)(N(N)C(=O)OCCCCc1ccccc1)C(O)(O)C(N)=C=O. The zero-order chi connectivity index (χ0) is 28.0. The molecule has 0 aliphatic heterocycles. The van der Waals surface area contributed by atoms with Gasteiger partial charge >= 0.3 is 6.09 Å². The molecule has 0 spiro atoms. The van der Waals surface area contributed by atoms with Gasteiger partial charge in [0, 0.05) is 6.42 Å². The Balaban J connectivity index is 1.97. The summed E-state index contributed by atoms with van der Waals surface area (Å²) in [6.07, 6.45) is 1.76. The number of carbonyl (C=O) groups is 1. The van der Waals surface area contributed by atoms with Gasteiger partial charge < -0.3 is 25.8 Å². The second-order valence-electron chi connectivity index (χ2n) is 10.7. The maximum Gasteiger partial charge on any atom is 0.424 e. The third-order valence-corrected chi connectivity index (χ3v) is 8.05. The molecule has 1 saturated carbocycles. The van der Waals surface area contributed by atoms with E-state index in [9.17, 15) is 24.9 Å². The van der Waals surface area contributed by atoms with Crippen LogP contribution in [0.5, 0.6) is 0 Å². The van der Waals surface area contributed by atoms with Gasteiger partial charge in [0.2, 0.25) is 5.79 Å². The molecule has 2 aromatic rings. The summed E-state index contributed by atoms with van der Waals surface area (Å²) in [7, 11) is 0. The van der Waals surface area contributed by atoms with Crippen molar-refractivity contribution in [1.82, 2.24) is 5.01 Å². The first-order valence-corrected chi connectivity index (χ1v) is 12.9. The Kier molecular flexibility index (Phi) is 9.02. The number of benzene rings is 2. The predicted molar refractivity (Wildman–Crippen MR) is 143 cm³/mol. The smallest absolute Gasteiger partial charge is 0.424 e. The van der Waals surface area contributed by atoms with Crippen LogP contribution in [0.2, 0.25) is 0 Å². The Hall–Kier alpha value is -3.20. The number of ether oxygens (including phenoxy) is 1. The molecule has 0 aromatic heterocycles. The van der Waals surface area contributed by atoms with Gasteiger partial charge in [0.15, 0.2) is 17.2 Å². The van der Waals surface area contributed by atoms with E-state index < -0.39 is 34.1 Å². The van der Waals surface area contributed by atoms with Gasteiger partial charge in [-0.1, -0.05) is 74.5 Å². The highest BCUT2D eigenvalue weighted by atomic mass is 16.6. The first-order chi connectivity index (χ1) is 17.9. The monoisotopic (exact) mass is 525 g/mol. The molecular formula is C29H39N3O6. The van der Waals surface area contributed by atoms with Crippen molar-refractivity contribution in [3.05, 3.63) is 77.5 Å². The summed E-state index contributed by atoms with van der Waals surface area (Å²) in [6.45, 7) is 3.52. The van der Waals surface area contributed by atoms with Crippen LogP contribution in [0.4, 0.5) is 4.79 Å². The number of amides is 1. The second-order valence-corrected chi connectivity index (χ2v) is 10.7. The van der Waals surface area contributed by atoms with Gasteiger partial charge in [-0.15, -0.1) is 0 Å². The van der Waals surface area contributed by atoms with Crippen LogP contribution in [0.3, 0.4) is 0 Å². The fourth-order valence-corrected chi connectivity index (χ4v) is 5.75. The van der Waals surface area contributed by atoms with Crippen LogP contribution in [0, 0.1) is 5.41 Å². The highest BCUT2D eigenvalue weighted by Gasteiger charge is 2.73. The van der Waals surface area contributed by atoms with Crippen molar-refractivity contribution in [2.24, 2.45) is 17.0 Å². The van der Waals surface area contributed by atoms with Gasteiger partial charge in [-0.05, 0) is 55.1 Å². The summed E-state index contributed by atoms with van der Waals surface area (Å²) in [4.78, 5) is 25.0. The van der Waals surface area contributed by atoms with Gasteiger partial charge in [-0.25, -0.2) is 20.4 Å². The average molecular weight is 526 g/mol. The summed E-state index contributed by atoms with van der Waals surface area (Å²) in [5.41, 5.74) is 1.14. The van der Waals surface area contributed by atoms with E-state index >= 15 is 0 Å². The molecular weight excluding hydrogens is 486 g/mol. The number of carbonyl (C=O) groups excluding carboxylic acids is 2. The lowest BCUT2D eigenvalue weighted by Gasteiger charge is -2.58. The van der Waals surface area contributed by atoms with Gasteiger partial charge in [0.25, 0.3) is 0 Å². The maximum absolute atomic E-state index is 13.4. The largest absolute Gasteiger partial charge is 0.448 e. The molecule has 0 radical (unpaired) electrons. The molecule has 7 N–H and O–H groups in total. The standard InChI is InChI=1S/C29H39N3O6/c1-26(2)17-11-18-28(26,35)27(29(36,37)24(30)21-33,20-23-15-7-4-8-16-23)32(31)25(34)38-19-10-9-14-22-12-5-3-6-13-22/h3-8,12-13,15-16,35-37H,9-11,14,17-20,30-31H2,1-2H3. The van der Waals surface area contributed by atoms with Gasteiger partial charge in [-0.3, -0.25) is 0 Å². The number of unbranched alkanes of at least 4 members (excludes halogenated alkanes) is 1. The summed E-state index contributed by atoms with van der Waals surface area (Å²) in [6, 6.07) is 18.5. The number of hydrazine groups is 1. The molecule has 0 bridgehead atoms. The third-order valence-electron chi connectivity index (χ3n) is 8.05. The van der Waals surface area contributed by atoms with Gasteiger partial charge in [0.05, 0.1) is 6.61 Å². The van der Waals surface area contributed by atoms with Crippen molar-refractivity contribution in [2.75, 3.05) is 6.61 Å². The molecule has 1 aliphatic rings. The molecule has 9 nitrogen and oxygen atoms in total. The Morgan fingerprint density at radius 3 is 2.13 bits per heavy atom. The minimum Gasteiger partial charge on any atom is -0.448 e. The number of aryl methyl sites for hydroxylation is 1. The van der Waals surface area contributed by atoms with Gasteiger partial charge in [0.1, 0.15) is 5.60 Å². The minimum absolute atomic E-state index is 0.0193. The highest BCUT2D eigenvalue weighted by Crippen LogP contribution is 2.57. The van der Waals surface area contributed by atoms with E-state index in [1.807, 2.05) is 30.3 Å². The Labute approximate surface area is 223 Å². The van der Waals surface area contributed by atoms with Gasteiger partial charge in [-0.2, -0.15) is 0 Å². The van der Waals surface area contributed by atoms with E-state index in [-0.39, 0.29) is 19.4 Å². The molecule has 1 fully saturated rings. The van der Waals surface area contributed by atoms with Crippen LogP contribution in [0.1, 0.15) is 57.1 Å². The Bertz CT molecular complexity index is 1130. The molecule has 2 atom stereocenters. The van der Waals surface area contributed by atoms with E-state index in [4.69, 9.17) is 16.3 Å². The van der Waals surface area contributed by atoms with Crippen molar-refractivity contribution >= 4 is 12.0 Å². The lowest BCUT2D eigenvalue weighted by molar-refractivity contribution is -0.292. The Morgan fingerprint density at radius 2 is 1.61 bits per heavy atom. The number of hydrogen-bond donors (Lipinski definition) is 5.